The van der Waals surface area contributed by atoms with Crippen molar-refractivity contribution in [3.8, 4) is 11.1 Å². The zero-order valence-electron chi connectivity index (χ0n) is 22.5. The first-order valence-corrected chi connectivity index (χ1v) is 12.9. The SMILES string of the molecule is COC(=O)C12CC(n3cnc4cc(C(F)(F)F)c(Nc5ccc(-c6ccn(CC(C)(C)O)c(=O)c6)cn5)nc43)(C1)C2. The van der Waals surface area contributed by atoms with Gasteiger partial charge in [-0.2, -0.15) is 13.2 Å². The minimum atomic E-state index is -4.70. The van der Waals surface area contributed by atoms with E-state index in [1.165, 1.54) is 36.3 Å². The second-order valence-electron chi connectivity index (χ2n) is 11.6. The van der Waals surface area contributed by atoms with E-state index in [9.17, 15) is 27.9 Å². The number of methoxy groups -OCH3 is 1. The summed E-state index contributed by atoms with van der Waals surface area (Å²) >= 11 is 0. The molecule has 4 aromatic heterocycles. The molecule has 0 aliphatic heterocycles. The van der Waals surface area contributed by atoms with E-state index in [-0.39, 0.29) is 35.1 Å². The maximum atomic E-state index is 14.0. The number of anilines is 2. The molecule has 41 heavy (non-hydrogen) atoms. The molecular formula is C28H27F3N6O4. The van der Waals surface area contributed by atoms with Crippen molar-refractivity contribution in [2.24, 2.45) is 5.41 Å². The summed E-state index contributed by atoms with van der Waals surface area (Å²) in [5, 5.41) is 12.7. The van der Waals surface area contributed by atoms with Gasteiger partial charge in [-0.1, -0.05) is 0 Å². The molecule has 10 nitrogen and oxygen atoms in total. The Kier molecular flexibility index (Phi) is 5.83. The number of carbonyl (C=O) groups excluding carboxylic acids is 1. The molecule has 0 amide bonds. The minimum absolute atomic E-state index is 0.0994. The van der Waals surface area contributed by atoms with Crippen LogP contribution in [0, 0.1) is 5.41 Å². The van der Waals surface area contributed by atoms with Crippen LogP contribution in [0.4, 0.5) is 24.8 Å². The summed E-state index contributed by atoms with van der Waals surface area (Å²) in [7, 11) is 1.34. The van der Waals surface area contributed by atoms with E-state index in [2.05, 4.69) is 20.3 Å². The summed E-state index contributed by atoms with van der Waals surface area (Å²) in [4.78, 5) is 37.4. The van der Waals surface area contributed by atoms with Gasteiger partial charge in [-0.3, -0.25) is 9.59 Å². The smallest absolute Gasteiger partial charge is 0.420 e. The van der Waals surface area contributed by atoms with Crippen LogP contribution in [0.15, 0.2) is 53.8 Å². The van der Waals surface area contributed by atoms with Crippen molar-refractivity contribution in [1.29, 1.82) is 0 Å². The summed E-state index contributed by atoms with van der Waals surface area (Å²) in [6.07, 6.45) is 1.36. The lowest BCUT2D eigenvalue weighted by Gasteiger charge is -2.68. The number of halogens is 3. The van der Waals surface area contributed by atoms with Gasteiger partial charge in [-0.25, -0.2) is 15.0 Å². The van der Waals surface area contributed by atoms with Gasteiger partial charge in [-0.15, -0.1) is 0 Å². The zero-order chi connectivity index (χ0) is 29.4. The van der Waals surface area contributed by atoms with Crippen LogP contribution in [0.25, 0.3) is 22.3 Å². The van der Waals surface area contributed by atoms with E-state index in [1.54, 1.807) is 36.7 Å². The number of alkyl halides is 3. The second kappa shape index (κ2) is 8.87. The molecule has 2 bridgehead atoms. The van der Waals surface area contributed by atoms with Crippen LogP contribution in [0.1, 0.15) is 38.7 Å². The Labute approximate surface area is 231 Å². The minimum Gasteiger partial charge on any atom is -0.469 e. The van der Waals surface area contributed by atoms with E-state index in [4.69, 9.17) is 4.74 Å². The van der Waals surface area contributed by atoms with Gasteiger partial charge >= 0.3 is 12.1 Å². The lowest BCUT2D eigenvalue weighted by Crippen LogP contribution is -2.70. The number of fused-ring (bicyclic) bond motifs is 1. The van der Waals surface area contributed by atoms with Crippen molar-refractivity contribution in [2.75, 3.05) is 12.4 Å². The number of hydrogen-bond acceptors (Lipinski definition) is 8. The Balaban J connectivity index is 1.28. The lowest BCUT2D eigenvalue weighted by molar-refractivity contribution is -0.215. The van der Waals surface area contributed by atoms with Crippen LogP contribution in [0.5, 0.6) is 0 Å². The number of aliphatic hydroxyl groups is 1. The molecule has 3 aliphatic carbocycles. The average Bonchev–Trinajstić information content (AvgIpc) is 3.25. The highest BCUT2D eigenvalue weighted by molar-refractivity contribution is 5.83. The Morgan fingerprint density at radius 1 is 1.12 bits per heavy atom. The number of hydrogen-bond donors (Lipinski definition) is 2. The van der Waals surface area contributed by atoms with Crippen molar-refractivity contribution in [3.05, 3.63) is 65.0 Å². The number of nitrogens with one attached hydrogen (secondary N) is 1. The number of imidazole rings is 1. The van der Waals surface area contributed by atoms with Crippen molar-refractivity contribution >= 4 is 28.8 Å². The largest absolute Gasteiger partial charge is 0.469 e. The third-order valence-electron chi connectivity index (χ3n) is 7.86. The topological polar surface area (TPSA) is 124 Å². The van der Waals surface area contributed by atoms with Gasteiger partial charge in [0.25, 0.3) is 5.56 Å². The molecule has 13 heteroatoms. The molecule has 3 fully saturated rings. The normalized spacial score (nSPS) is 21.7. The monoisotopic (exact) mass is 568 g/mol. The number of nitrogens with zero attached hydrogens (tertiary/aromatic N) is 5. The van der Waals surface area contributed by atoms with E-state index in [0.29, 0.717) is 30.4 Å². The molecule has 0 unspecified atom stereocenters. The van der Waals surface area contributed by atoms with Crippen LogP contribution in [-0.2, 0) is 27.8 Å². The molecule has 0 spiro atoms. The molecule has 4 aromatic rings. The van der Waals surface area contributed by atoms with Gasteiger partial charge in [0.05, 0.1) is 36.5 Å². The van der Waals surface area contributed by atoms with E-state index >= 15 is 0 Å². The molecule has 3 aliphatic rings. The third kappa shape index (κ3) is 4.53. The Bertz CT molecular complexity index is 1720. The molecule has 214 valence electrons. The summed E-state index contributed by atoms with van der Waals surface area (Å²) in [5.41, 5.74) is -1.78. The molecule has 2 N–H and O–H groups in total. The van der Waals surface area contributed by atoms with Crippen LogP contribution in [0.2, 0.25) is 0 Å². The number of carbonyl (C=O) groups is 1. The number of rotatable bonds is 7. The quantitative estimate of drug-likeness (QED) is 0.318. The molecule has 0 radical (unpaired) electrons. The van der Waals surface area contributed by atoms with Crippen molar-refractivity contribution in [2.45, 2.75) is 57.0 Å². The van der Waals surface area contributed by atoms with Crippen LogP contribution in [-0.4, -0.2) is 47.9 Å². The summed E-state index contributed by atoms with van der Waals surface area (Å²) in [5.74, 6) is -0.568. The third-order valence-corrected chi connectivity index (χ3v) is 7.86. The molecule has 0 saturated heterocycles. The standard InChI is InChI=1S/C28H27F3N6O4/c1-25(2,40)14-36-7-6-16(8-21(36)38)17-4-5-20(32-10-17)34-22-18(28(29,30)31)9-19-23(35-22)37(15-33-19)27-11-26(12-27,13-27)24(39)41-3/h4-10,15,40H,11-14H2,1-3H3,(H,32,34,35). The molecule has 4 heterocycles. The molecule has 7 rings (SSSR count). The first kappa shape index (κ1) is 26.9. The Hall–Kier alpha value is -4.26. The average molecular weight is 569 g/mol. The molecular weight excluding hydrogens is 541 g/mol. The van der Waals surface area contributed by atoms with Crippen LogP contribution >= 0.6 is 0 Å². The molecule has 3 saturated carbocycles. The maximum Gasteiger partial charge on any atom is 0.420 e. The van der Waals surface area contributed by atoms with Gasteiger partial charge in [-0.05, 0) is 62.9 Å². The number of aromatic nitrogens is 5. The predicted molar refractivity (Wildman–Crippen MR) is 142 cm³/mol. The Morgan fingerprint density at radius 3 is 2.44 bits per heavy atom. The second-order valence-corrected chi connectivity index (χ2v) is 11.6. The van der Waals surface area contributed by atoms with Crippen molar-refractivity contribution < 1.29 is 27.8 Å². The first-order valence-electron chi connectivity index (χ1n) is 12.9. The van der Waals surface area contributed by atoms with Crippen molar-refractivity contribution in [1.82, 2.24) is 24.1 Å². The summed E-state index contributed by atoms with van der Waals surface area (Å²) < 4.78 is 50.1. The van der Waals surface area contributed by atoms with E-state index in [1.807, 2.05) is 0 Å². The number of pyridine rings is 3. The van der Waals surface area contributed by atoms with Crippen molar-refractivity contribution in [3.63, 3.8) is 0 Å². The first-order chi connectivity index (χ1) is 19.2. The van der Waals surface area contributed by atoms with Crippen LogP contribution < -0.4 is 10.9 Å². The lowest BCUT2D eigenvalue weighted by atomic mass is 9.39. The van der Waals surface area contributed by atoms with E-state index < -0.39 is 34.1 Å². The zero-order valence-corrected chi connectivity index (χ0v) is 22.5. The summed E-state index contributed by atoms with van der Waals surface area (Å²) in [6.45, 7) is 3.32. The highest BCUT2D eigenvalue weighted by Crippen LogP contribution is 2.72. The maximum absolute atomic E-state index is 14.0. The highest BCUT2D eigenvalue weighted by atomic mass is 19.4. The van der Waals surface area contributed by atoms with E-state index in [0.717, 1.165) is 6.07 Å². The fourth-order valence-corrected chi connectivity index (χ4v) is 6.02. The number of esters is 1. The van der Waals surface area contributed by atoms with Gasteiger partial charge in [0.15, 0.2) is 5.65 Å². The highest BCUT2D eigenvalue weighted by Gasteiger charge is 2.73. The fraction of sp³-hybridized carbons (Fsp3) is 0.393. The van der Waals surface area contributed by atoms with Gasteiger partial charge in [0, 0.05) is 24.0 Å². The molecule has 0 atom stereocenters. The predicted octanol–water partition coefficient (Wildman–Crippen LogP) is 4.24. The number of ether oxygens (including phenoxy) is 1. The summed E-state index contributed by atoms with van der Waals surface area (Å²) in [6, 6.07) is 7.20. The fourth-order valence-electron chi connectivity index (χ4n) is 6.02. The van der Waals surface area contributed by atoms with Gasteiger partial charge < -0.3 is 24.3 Å². The Morgan fingerprint density at radius 2 is 1.85 bits per heavy atom. The van der Waals surface area contributed by atoms with Gasteiger partial charge in [0.2, 0.25) is 0 Å². The van der Waals surface area contributed by atoms with Crippen LogP contribution in [0.3, 0.4) is 0 Å². The van der Waals surface area contributed by atoms with Gasteiger partial charge in [0.1, 0.15) is 22.7 Å². The molecule has 0 aromatic carbocycles.